The lowest BCUT2D eigenvalue weighted by Crippen LogP contribution is -2.55. The Balaban J connectivity index is 1.13. The number of nitrogens with one attached hydrogen (secondary N) is 2. The minimum atomic E-state index is -1.03. The molecule has 2 amide bonds. The van der Waals surface area contributed by atoms with E-state index in [0.717, 1.165) is 53.9 Å². The van der Waals surface area contributed by atoms with Crippen LogP contribution >= 0.6 is 0 Å². The molecule has 3 aliphatic rings. The van der Waals surface area contributed by atoms with Crippen LogP contribution in [-0.4, -0.2) is 38.0 Å². The van der Waals surface area contributed by atoms with Gasteiger partial charge in [0.2, 0.25) is 5.91 Å². The number of carbonyl (C=O) groups is 3. The van der Waals surface area contributed by atoms with Gasteiger partial charge in [-0.1, -0.05) is 31.4 Å². The van der Waals surface area contributed by atoms with Crippen LogP contribution in [0, 0.1) is 11.8 Å². The van der Waals surface area contributed by atoms with E-state index in [1.807, 2.05) is 30.3 Å². The minimum Gasteiger partial charge on any atom is -0.478 e. The number of carboxylic acid groups (broad SMARTS) is 1. The Kier molecular flexibility index (Phi) is 6.88. The van der Waals surface area contributed by atoms with Crippen LogP contribution in [0.15, 0.2) is 71.4 Å². The van der Waals surface area contributed by atoms with Crippen LogP contribution in [0.4, 0.5) is 5.69 Å². The van der Waals surface area contributed by atoms with Gasteiger partial charge in [0.25, 0.3) is 5.91 Å². The summed E-state index contributed by atoms with van der Waals surface area (Å²) in [6.45, 7) is 0. The van der Waals surface area contributed by atoms with E-state index in [2.05, 4.69) is 15.2 Å². The van der Waals surface area contributed by atoms with Crippen molar-refractivity contribution in [3.8, 4) is 11.6 Å². The summed E-state index contributed by atoms with van der Waals surface area (Å²) in [5.74, 6) is 1.33. The van der Waals surface area contributed by atoms with Crippen molar-refractivity contribution < 1.29 is 23.9 Å². The van der Waals surface area contributed by atoms with E-state index < -0.39 is 11.5 Å². The van der Waals surface area contributed by atoms with E-state index in [-0.39, 0.29) is 11.8 Å². The molecule has 0 radical (unpaired) electrons. The SMILES string of the molecule is O=C(O)/C=C/c1ccc(NC(=O)C2(NC(=O)c3ccc4c(c3)nc(-c3ccco3)n4C3CC4CCC3C4)CCCC2)cc1. The number of imidazole rings is 1. The molecule has 2 aromatic heterocycles. The first-order chi connectivity index (χ1) is 20.9. The number of hydrogen-bond acceptors (Lipinski definition) is 5. The first kappa shape index (κ1) is 27.2. The first-order valence-corrected chi connectivity index (χ1v) is 15.1. The molecular formula is C34H34N4O5. The molecule has 2 heterocycles. The number of aromatic nitrogens is 2. The highest BCUT2D eigenvalue weighted by Gasteiger charge is 2.44. The summed E-state index contributed by atoms with van der Waals surface area (Å²) < 4.78 is 8.11. The first-order valence-electron chi connectivity index (χ1n) is 15.1. The Morgan fingerprint density at radius 3 is 2.51 bits per heavy atom. The third-order valence-electron chi connectivity index (χ3n) is 9.56. The Hall–Kier alpha value is -4.66. The summed E-state index contributed by atoms with van der Waals surface area (Å²) in [7, 11) is 0. The van der Waals surface area contributed by atoms with Gasteiger partial charge in [0.1, 0.15) is 5.54 Å². The van der Waals surface area contributed by atoms with Crippen LogP contribution < -0.4 is 10.6 Å². The standard InChI is InChI=1S/C34H34N4O5/c39-30(40)14-8-21-6-11-25(12-7-21)35-33(42)34(15-1-2-16-34)37-32(41)24-10-13-27-26(20-24)36-31(29-4-3-17-43-29)38(27)28-19-22-5-9-23(28)18-22/h3-4,6-8,10-14,17,20,22-23,28H,1-2,5,9,15-16,18-19H2,(H,35,42)(H,37,41)(H,39,40)/b14-8+. The topological polar surface area (TPSA) is 126 Å². The molecule has 2 aromatic carbocycles. The highest BCUT2D eigenvalue weighted by Crippen LogP contribution is 2.52. The van der Waals surface area contributed by atoms with E-state index >= 15 is 0 Å². The third kappa shape index (κ3) is 5.13. The van der Waals surface area contributed by atoms with Crippen molar-refractivity contribution in [1.82, 2.24) is 14.9 Å². The van der Waals surface area contributed by atoms with Crippen molar-refractivity contribution in [3.63, 3.8) is 0 Å². The minimum absolute atomic E-state index is 0.256. The number of carboxylic acids is 1. The molecular weight excluding hydrogens is 544 g/mol. The fraction of sp³-hybridized carbons (Fsp3) is 0.353. The highest BCUT2D eigenvalue weighted by molar-refractivity contribution is 6.05. The van der Waals surface area contributed by atoms with E-state index in [4.69, 9.17) is 14.5 Å². The number of furan rings is 1. The van der Waals surface area contributed by atoms with E-state index in [1.54, 1.807) is 30.5 Å². The molecule has 9 nitrogen and oxygen atoms in total. The maximum absolute atomic E-state index is 13.7. The van der Waals surface area contributed by atoms with Gasteiger partial charge in [-0.2, -0.15) is 0 Å². The maximum Gasteiger partial charge on any atom is 0.328 e. The smallest absolute Gasteiger partial charge is 0.328 e. The van der Waals surface area contributed by atoms with Crippen LogP contribution in [0.3, 0.4) is 0 Å². The van der Waals surface area contributed by atoms with Gasteiger partial charge in [-0.25, -0.2) is 9.78 Å². The Bertz CT molecular complexity index is 1710. The monoisotopic (exact) mass is 578 g/mol. The number of fused-ring (bicyclic) bond motifs is 3. The second kappa shape index (κ2) is 10.9. The van der Waals surface area contributed by atoms with E-state index in [9.17, 15) is 14.4 Å². The zero-order chi connectivity index (χ0) is 29.6. The van der Waals surface area contributed by atoms with Gasteiger partial charge < -0.3 is 24.7 Å². The molecule has 3 aliphatic carbocycles. The zero-order valence-electron chi connectivity index (χ0n) is 23.8. The molecule has 3 unspecified atom stereocenters. The number of rotatable bonds is 8. The second-order valence-corrected chi connectivity index (χ2v) is 12.2. The molecule has 220 valence electrons. The van der Waals surface area contributed by atoms with Crippen molar-refractivity contribution in [2.75, 3.05) is 5.32 Å². The lowest BCUT2D eigenvalue weighted by Gasteiger charge is -2.29. The van der Waals surface area contributed by atoms with Crippen molar-refractivity contribution in [2.45, 2.75) is 62.9 Å². The number of hydrogen-bond donors (Lipinski definition) is 3. The molecule has 3 atom stereocenters. The van der Waals surface area contributed by atoms with Gasteiger partial charge in [0.15, 0.2) is 11.6 Å². The van der Waals surface area contributed by atoms with E-state index in [0.29, 0.717) is 41.6 Å². The Morgan fingerprint density at radius 1 is 1.02 bits per heavy atom. The zero-order valence-corrected chi connectivity index (χ0v) is 23.8. The molecule has 7 rings (SSSR count). The largest absolute Gasteiger partial charge is 0.478 e. The molecule has 3 fully saturated rings. The van der Waals surface area contributed by atoms with Crippen LogP contribution in [-0.2, 0) is 9.59 Å². The molecule has 0 saturated heterocycles. The van der Waals surface area contributed by atoms with E-state index in [1.165, 1.54) is 25.3 Å². The highest BCUT2D eigenvalue weighted by atomic mass is 16.4. The summed E-state index contributed by atoms with van der Waals surface area (Å²) in [6.07, 6.45) is 11.9. The molecule has 43 heavy (non-hydrogen) atoms. The number of aliphatic carboxylic acids is 1. The molecule has 9 heteroatoms. The second-order valence-electron chi connectivity index (χ2n) is 12.2. The van der Waals surface area contributed by atoms with Gasteiger partial charge in [-0.15, -0.1) is 0 Å². The fourth-order valence-corrected chi connectivity index (χ4v) is 7.46. The summed E-state index contributed by atoms with van der Waals surface area (Å²) in [5.41, 5.74) is 2.47. The normalized spacial score (nSPS) is 22.4. The molecule has 4 aromatic rings. The van der Waals surface area contributed by atoms with Crippen molar-refractivity contribution in [3.05, 3.63) is 78.1 Å². The number of nitrogens with zero attached hydrogens (tertiary/aromatic N) is 2. The van der Waals surface area contributed by atoms with Crippen molar-refractivity contribution in [2.24, 2.45) is 11.8 Å². The average molecular weight is 579 g/mol. The maximum atomic E-state index is 13.7. The van der Waals surface area contributed by atoms with Crippen LogP contribution in [0.1, 0.15) is 73.3 Å². The Morgan fingerprint density at radius 2 is 1.84 bits per heavy atom. The van der Waals surface area contributed by atoms with Crippen LogP contribution in [0.2, 0.25) is 0 Å². The van der Waals surface area contributed by atoms with Crippen LogP contribution in [0.5, 0.6) is 0 Å². The van der Waals surface area contributed by atoms with Crippen molar-refractivity contribution in [1.29, 1.82) is 0 Å². The van der Waals surface area contributed by atoms with Gasteiger partial charge in [0, 0.05) is 23.4 Å². The summed E-state index contributed by atoms with van der Waals surface area (Å²) >= 11 is 0. The molecule has 3 saturated carbocycles. The van der Waals surface area contributed by atoms with Crippen molar-refractivity contribution >= 4 is 40.6 Å². The van der Waals surface area contributed by atoms with Gasteiger partial charge >= 0.3 is 5.97 Å². The quantitative estimate of drug-likeness (QED) is 0.207. The predicted molar refractivity (Wildman–Crippen MR) is 162 cm³/mol. The number of carbonyl (C=O) groups excluding carboxylic acids is 2. The van der Waals surface area contributed by atoms with Gasteiger partial charge in [0.05, 0.1) is 17.3 Å². The number of amides is 2. The summed E-state index contributed by atoms with van der Waals surface area (Å²) in [6, 6.07) is 16.7. The average Bonchev–Trinajstić information content (AvgIpc) is 3.85. The molecule has 0 spiro atoms. The lowest BCUT2D eigenvalue weighted by atomic mass is 9.94. The number of anilines is 1. The predicted octanol–water partition coefficient (Wildman–Crippen LogP) is 6.44. The summed E-state index contributed by atoms with van der Waals surface area (Å²) in [5, 5.41) is 14.9. The van der Waals surface area contributed by atoms with Gasteiger partial charge in [-0.3, -0.25) is 9.59 Å². The Labute approximate surface area is 249 Å². The van der Waals surface area contributed by atoms with Gasteiger partial charge in [-0.05, 0) is 98.0 Å². The molecule has 3 N–H and O–H groups in total. The lowest BCUT2D eigenvalue weighted by molar-refractivity contribution is -0.131. The third-order valence-corrected chi connectivity index (χ3v) is 9.56. The molecule has 0 aliphatic heterocycles. The molecule has 2 bridgehead atoms. The summed E-state index contributed by atoms with van der Waals surface area (Å²) in [4.78, 5) is 43.0. The van der Waals surface area contributed by atoms with Crippen LogP contribution in [0.25, 0.3) is 28.7 Å². The fourth-order valence-electron chi connectivity index (χ4n) is 7.46. The number of benzene rings is 2.